The molecule has 25 heavy (non-hydrogen) atoms. The van der Waals surface area contributed by atoms with Crippen molar-refractivity contribution in [1.82, 2.24) is 0 Å². The third kappa shape index (κ3) is 13.1. The van der Waals surface area contributed by atoms with E-state index in [1.165, 1.54) is 77.0 Å². The Labute approximate surface area is 159 Å². The normalized spacial score (nSPS) is 12.7. The van der Waals surface area contributed by atoms with Gasteiger partial charge in [0.1, 0.15) is 0 Å². The van der Waals surface area contributed by atoms with Gasteiger partial charge >= 0.3 is 9.05 Å². The van der Waals surface area contributed by atoms with Gasteiger partial charge in [-0.3, -0.25) is 0 Å². The van der Waals surface area contributed by atoms with E-state index in [0.717, 1.165) is 6.04 Å². The Morgan fingerprint density at radius 3 is 1.28 bits per heavy atom. The fourth-order valence-corrected chi connectivity index (χ4v) is 8.87. The monoisotopic (exact) mass is 392 g/mol. The predicted molar refractivity (Wildman–Crippen MR) is 111 cm³/mol. The van der Waals surface area contributed by atoms with E-state index in [-0.39, 0.29) is 0 Å². The van der Waals surface area contributed by atoms with Crippen molar-refractivity contribution in [2.45, 2.75) is 103 Å². The van der Waals surface area contributed by atoms with Crippen LogP contribution in [0.25, 0.3) is 0 Å². The molecule has 0 N–H and O–H groups in total. The summed E-state index contributed by atoms with van der Waals surface area (Å²) in [5.74, 6) is 0. The number of unbranched alkanes of at least 4 members (excludes halogenated alkanes) is 11. The fraction of sp³-hybridized carbons (Fsp3) is 1.00. The predicted octanol–water partition coefficient (Wildman–Crippen LogP) is 6.28. The number of hydrogen-bond donors (Lipinski definition) is 0. The van der Waals surface area contributed by atoms with Crippen molar-refractivity contribution in [3.8, 4) is 0 Å². The minimum atomic E-state index is -2.89. The van der Waals surface area contributed by atoms with Crippen LogP contribution in [0.4, 0.5) is 0 Å². The molecule has 0 unspecified atom stereocenters. The summed E-state index contributed by atoms with van der Waals surface area (Å²) in [4.78, 5) is 0. The maximum absolute atomic E-state index is 6.18. The van der Waals surface area contributed by atoms with Crippen LogP contribution in [0.1, 0.15) is 84.0 Å². The minimum Gasteiger partial charge on any atom is -0.394 e. The van der Waals surface area contributed by atoms with Crippen LogP contribution in [0.15, 0.2) is 0 Å². The number of rotatable bonds is 18. The highest BCUT2D eigenvalue weighted by molar-refractivity contribution is 6.78. The lowest BCUT2D eigenvalue weighted by atomic mass is 10.1. The maximum atomic E-state index is 6.18. The lowest BCUT2D eigenvalue weighted by molar-refractivity contribution is 0.0478. The second-order valence-electron chi connectivity index (χ2n) is 7.61. The minimum absolute atomic E-state index is 1.13. The van der Waals surface area contributed by atoms with Gasteiger partial charge in [0.05, 0.1) is 0 Å². The summed E-state index contributed by atoms with van der Waals surface area (Å²) in [5, 5.41) is 0. The first-order valence-electron chi connectivity index (χ1n) is 10.3. The summed E-state index contributed by atoms with van der Waals surface area (Å²) in [6, 6.07) is 1.13. The van der Waals surface area contributed by atoms with Crippen molar-refractivity contribution in [2.24, 2.45) is 0 Å². The molecule has 4 nitrogen and oxygen atoms in total. The third-order valence-corrected chi connectivity index (χ3v) is 11.1. The van der Waals surface area contributed by atoms with E-state index in [2.05, 4.69) is 20.0 Å². The second-order valence-corrected chi connectivity index (χ2v) is 14.7. The van der Waals surface area contributed by atoms with Gasteiger partial charge in [-0.25, -0.2) is 0 Å². The first kappa shape index (κ1) is 25.3. The smallest absolute Gasteiger partial charge is 0.394 e. The lowest BCUT2D eigenvalue weighted by Gasteiger charge is -2.32. The van der Waals surface area contributed by atoms with E-state index in [4.69, 9.17) is 17.4 Å². The maximum Gasteiger partial charge on any atom is 0.668 e. The van der Waals surface area contributed by atoms with Crippen molar-refractivity contribution < 1.29 is 17.4 Å². The summed E-state index contributed by atoms with van der Waals surface area (Å²) in [5.41, 5.74) is 0. The Bertz CT molecular complexity index is 289. The molecule has 6 heteroatoms. The van der Waals surface area contributed by atoms with Gasteiger partial charge in [-0.2, -0.15) is 0 Å². The van der Waals surface area contributed by atoms with E-state index in [0.29, 0.717) is 0 Å². The molecule has 0 heterocycles. The van der Waals surface area contributed by atoms with Gasteiger partial charge in [-0.05, 0) is 19.1 Å². The Balaban J connectivity index is 3.63. The molecular weight excluding hydrogens is 348 g/mol. The summed E-state index contributed by atoms with van der Waals surface area (Å²) in [6.45, 7) is 6.73. The third-order valence-electron chi connectivity index (χ3n) is 4.78. The van der Waals surface area contributed by atoms with Crippen LogP contribution in [0.2, 0.25) is 19.1 Å². The summed E-state index contributed by atoms with van der Waals surface area (Å²) >= 11 is 0. The molecule has 0 atom stereocenters. The van der Waals surface area contributed by atoms with E-state index in [1.807, 2.05) is 0 Å². The molecular formula is C19H44O4Si2. The van der Waals surface area contributed by atoms with Gasteiger partial charge < -0.3 is 17.4 Å². The first-order chi connectivity index (χ1) is 11.9. The van der Waals surface area contributed by atoms with Crippen LogP contribution < -0.4 is 0 Å². The zero-order chi connectivity index (χ0) is 19.0. The highest BCUT2D eigenvalue weighted by atomic mass is 28.5. The quantitative estimate of drug-likeness (QED) is 0.203. The van der Waals surface area contributed by atoms with E-state index >= 15 is 0 Å². The van der Waals surface area contributed by atoms with Crippen LogP contribution in [0, 0.1) is 0 Å². The fourth-order valence-electron chi connectivity index (χ4n) is 3.16. The van der Waals surface area contributed by atoms with Gasteiger partial charge in [0, 0.05) is 21.3 Å². The molecule has 0 fully saturated rings. The Morgan fingerprint density at radius 2 is 0.920 bits per heavy atom. The number of hydrogen-bond acceptors (Lipinski definition) is 4. The summed E-state index contributed by atoms with van der Waals surface area (Å²) in [7, 11) is 0.108. The average molecular weight is 393 g/mol. The molecule has 0 saturated carbocycles. The molecule has 0 aromatic heterocycles. The highest BCUT2D eigenvalue weighted by Gasteiger charge is 2.47. The van der Waals surface area contributed by atoms with Crippen molar-refractivity contribution in [3.63, 3.8) is 0 Å². The Hall–Kier alpha value is 0.274. The molecule has 0 aliphatic carbocycles. The molecule has 0 rings (SSSR count). The van der Waals surface area contributed by atoms with Gasteiger partial charge in [-0.15, -0.1) is 0 Å². The molecule has 0 radical (unpaired) electrons. The first-order valence-corrected chi connectivity index (χ1v) is 15.1. The van der Waals surface area contributed by atoms with Gasteiger partial charge in [0.2, 0.25) is 0 Å². The molecule has 0 aromatic rings. The van der Waals surface area contributed by atoms with Crippen LogP contribution in [-0.4, -0.2) is 38.7 Å². The van der Waals surface area contributed by atoms with Crippen LogP contribution in [0.5, 0.6) is 0 Å². The molecule has 0 aliphatic heterocycles. The van der Waals surface area contributed by atoms with E-state index in [9.17, 15) is 0 Å². The van der Waals surface area contributed by atoms with Crippen LogP contribution >= 0.6 is 0 Å². The standard InChI is InChI=1S/C19H44O4Si2/c1-7-8-9-10-11-12-13-14-15-16-17-18-19-24(5,6)23-25(20-2,21-3)22-4/h7-19H2,1-6H3. The largest absolute Gasteiger partial charge is 0.668 e. The molecule has 152 valence electrons. The van der Waals surface area contributed by atoms with E-state index in [1.54, 1.807) is 21.3 Å². The van der Waals surface area contributed by atoms with Crippen LogP contribution in [-0.2, 0) is 17.4 Å². The van der Waals surface area contributed by atoms with Gasteiger partial charge in [0.25, 0.3) is 0 Å². The summed E-state index contributed by atoms with van der Waals surface area (Å²) in [6.07, 6.45) is 16.6. The zero-order valence-electron chi connectivity index (χ0n) is 17.8. The topological polar surface area (TPSA) is 36.9 Å². The highest BCUT2D eigenvalue weighted by Crippen LogP contribution is 2.23. The van der Waals surface area contributed by atoms with Crippen molar-refractivity contribution in [1.29, 1.82) is 0 Å². The Kier molecular flexibility index (Phi) is 15.5. The molecule has 0 amide bonds. The lowest BCUT2D eigenvalue weighted by Crippen LogP contribution is -2.53. The summed E-state index contributed by atoms with van der Waals surface area (Å²) < 4.78 is 22.4. The molecule has 0 aliphatic rings. The van der Waals surface area contributed by atoms with Gasteiger partial charge in [-0.1, -0.05) is 84.0 Å². The van der Waals surface area contributed by atoms with Crippen molar-refractivity contribution in [2.75, 3.05) is 21.3 Å². The van der Waals surface area contributed by atoms with Crippen LogP contribution in [0.3, 0.4) is 0 Å². The molecule has 0 aromatic carbocycles. The van der Waals surface area contributed by atoms with Gasteiger partial charge in [0.15, 0.2) is 8.32 Å². The molecule has 0 bridgehead atoms. The second kappa shape index (κ2) is 15.3. The molecule has 0 saturated heterocycles. The zero-order valence-corrected chi connectivity index (χ0v) is 19.8. The Morgan fingerprint density at radius 1 is 0.560 bits per heavy atom. The molecule has 0 spiro atoms. The van der Waals surface area contributed by atoms with Crippen molar-refractivity contribution >= 4 is 17.4 Å². The SMILES string of the molecule is CCCCCCCCCCCCCC[Si](C)(C)O[Si](OC)(OC)OC. The van der Waals surface area contributed by atoms with E-state index < -0.39 is 17.4 Å². The average Bonchev–Trinajstić information content (AvgIpc) is 2.60. The van der Waals surface area contributed by atoms with Crippen molar-refractivity contribution in [3.05, 3.63) is 0 Å².